The van der Waals surface area contributed by atoms with Crippen molar-refractivity contribution in [2.24, 2.45) is 0 Å². The minimum Gasteiger partial charge on any atom is -0.364 e. The van der Waals surface area contributed by atoms with E-state index >= 15 is 0 Å². The third-order valence-corrected chi connectivity index (χ3v) is 4.85. The first-order valence-corrected chi connectivity index (χ1v) is 7.26. The Morgan fingerprint density at radius 3 is 2.94 bits per heavy atom. The third kappa shape index (κ3) is 1.93. The van der Waals surface area contributed by atoms with Crippen LogP contribution in [0.15, 0.2) is 46.0 Å². The van der Waals surface area contributed by atoms with Gasteiger partial charge in [-0.25, -0.2) is 8.42 Å². The molecule has 94 valence electrons. The van der Waals surface area contributed by atoms with Gasteiger partial charge in [0.15, 0.2) is 9.84 Å². The van der Waals surface area contributed by atoms with Crippen LogP contribution in [-0.4, -0.2) is 19.3 Å². The van der Waals surface area contributed by atoms with Crippen LogP contribution >= 0.6 is 0 Å². The molecule has 1 unspecified atom stereocenters. The van der Waals surface area contributed by atoms with Gasteiger partial charge in [0.05, 0.1) is 16.3 Å². The summed E-state index contributed by atoms with van der Waals surface area (Å²) < 4.78 is 28.6. The van der Waals surface area contributed by atoms with E-state index in [1.54, 1.807) is 18.2 Å². The van der Waals surface area contributed by atoms with E-state index in [-0.39, 0.29) is 11.8 Å². The second kappa shape index (κ2) is 4.22. The molecule has 3 rings (SSSR count). The fourth-order valence-electron chi connectivity index (χ4n) is 2.18. The Morgan fingerprint density at radius 1 is 1.33 bits per heavy atom. The van der Waals surface area contributed by atoms with Crippen LogP contribution in [0.2, 0.25) is 0 Å². The minimum absolute atomic E-state index is 0.101. The van der Waals surface area contributed by atoms with Crippen molar-refractivity contribution >= 4 is 9.84 Å². The SMILES string of the molecule is O=S1(=O)CC(NCc2ccon2)c2ccccc21. The fraction of sp³-hybridized carbons (Fsp3) is 0.250. The molecule has 1 aliphatic rings. The maximum Gasteiger partial charge on any atom is 0.180 e. The van der Waals surface area contributed by atoms with Crippen molar-refractivity contribution in [2.45, 2.75) is 17.5 Å². The maximum atomic E-state index is 12.0. The van der Waals surface area contributed by atoms with Crippen LogP contribution in [0.3, 0.4) is 0 Å². The molecule has 0 fully saturated rings. The van der Waals surface area contributed by atoms with Gasteiger partial charge in [0.25, 0.3) is 0 Å². The monoisotopic (exact) mass is 264 g/mol. The normalized spacial score (nSPS) is 20.8. The summed E-state index contributed by atoms with van der Waals surface area (Å²) in [6.07, 6.45) is 1.50. The zero-order valence-electron chi connectivity index (χ0n) is 9.54. The predicted octanol–water partition coefficient (Wildman–Crippen LogP) is 1.29. The Balaban J connectivity index is 1.83. The van der Waals surface area contributed by atoms with E-state index in [9.17, 15) is 8.42 Å². The molecule has 0 saturated carbocycles. The summed E-state index contributed by atoms with van der Waals surface area (Å²) in [7, 11) is -3.15. The first-order chi connectivity index (χ1) is 8.67. The van der Waals surface area contributed by atoms with E-state index in [0.717, 1.165) is 11.3 Å². The molecule has 2 aromatic rings. The van der Waals surface area contributed by atoms with Crippen LogP contribution in [0.4, 0.5) is 0 Å². The molecular weight excluding hydrogens is 252 g/mol. The van der Waals surface area contributed by atoms with Gasteiger partial charge in [-0.15, -0.1) is 0 Å². The first-order valence-electron chi connectivity index (χ1n) is 5.61. The summed E-state index contributed by atoms with van der Waals surface area (Å²) in [5.74, 6) is 0.101. The number of rotatable bonds is 3. The van der Waals surface area contributed by atoms with Crippen molar-refractivity contribution in [1.82, 2.24) is 10.5 Å². The quantitative estimate of drug-likeness (QED) is 0.904. The van der Waals surface area contributed by atoms with Gasteiger partial charge >= 0.3 is 0 Å². The molecule has 0 radical (unpaired) electrons. The van der Waals surface area contributed by atoms with Gasteiger partial charge in [-0.2, -0.15) is 0 Å². The lowest BCUT2D eigenvalue weighted by Crippen LogP contribution is -2.22. The number of aromatic nitrogens is 1. The smallest absolute Gasteiger partial charge is 0.180 e. The van der Waals surface area contributed by atoms with E-state index < -0.39 is 9.84 Å². The summed E-state index contributed by atoms with van der Waals surface area (Å²) in [6.45, 7) is 0.491. The Kier molecular flexibility index (Phi) is 2.68. The average Bonchev–Trinajstić information content (AvgIpc) is 2.95. The van der Waals surface area contributed by atoms with Gasteiger partial charge in [0, 0.05) is 18.7 Å². The van der Waals surface area contributed by atoms with Crippen LogP contribution in [0.5, 0.6) is 0 Å². The van der Waals surface area contributed by atoms with Gasteiger partial charge in [-0.05, 0) is 11.6 Å². The van der Waals surface area contributed by atoms with Crippen molar-refractivity contribution in [1.29, 1.82) is 0 Å². The summed E-state index contributed by atoms with van der Waals surface area (Å²) in [5, 5.41) is 6.98. The molecular formula is C12H12N2O3S. The standard InChI is InChI=1S/C12H12N2O3S/c15-18(16)8-11(10-3-1-2-4-12(10)18)13-7-9-5-6-17-14-9/h1-6,11,13H,7-8H2. The highest BCUT2D eigenvalue weighted by Crippen LogP contribution is 2.32. The van der Waals surface area contributed by atoms with Crippen molar-refractivity contribution in [2.75, 3.05) is 5.75 Å². The molecule has 0 aliphatic carbocycles. The van der Waals surface area contributed by atoms with E-state index in [2.05, 4.69) is 10.5 Å². The summed E-state index contributed by atoms with van der Waals surface area (Å²) in [6, 6.07) is 8.68. The third-order valence-electron chi connectivity index (χ3n) is 3.04. The molecule has 1 atom stereocenters. The number of nitrogens with zero attached hydrogens (tertiary/aromatic N) is 1. The van der Waals surface area contributed by atoms with E-state index in [4.69, 9.17) is 4.52 Å². The molecule has 0 saturated heterocycles. The van der Waals surface area contributed by atoms with Gasteiger partial charge in [-0.3, -0.25) is 0 Å². The molecule has 18 heavy (non-hydrogen) atoms. The van der Waals surface area contributed by atoms with Crippen molar-refractivity contribution < 1.29 is 12.9 Å². The number of benzene rings is 1. The topological polar surface area (TPSA) is 72.2 Å². The van der Waals surface area contributed by atoms with E-state index in [0.29, 0.717) is 11.4 Å². The molecule has 0 bridgehead atoms. The van der Waals surface area contributed by atoms with Crippen molar-refractivity contribution in [3.63, 3.8) is 0 Å². The molecule has 0 spiro atoms. The van der Waals surface area contributed by atoms with Gasteiger partial charge in [0.1, 0.15) is 6.26 Å². The molecule has 1 aliphatic heterocycles. The largest absolute Gasteiger partial charge is 0.364 e. The Bertz CT molecular complexity index is 650. The maximum absolute atomic E-state index is 12.0. The molecule has 1 aromatic carbocycles. The van der Waals surface area contributed by atoms with Crippen LogP contribution in [-0.2, 0) is 16.4 Å². The Morgan fingerprint density at radius 2 is 2.17 bits per heavy atom. The number of sulfone groups is 1. The highest BCUT2D eigenvalue weighted by molar-refractivity contribution is 7.91. The molecule has 5 nitrogen and oxygen atoms in total. The Labute approximate surface area is 105 Å². The highest BCUT2D eigenvalue weighted by Gasteiger charge is 2.33. The highest BCUT2D eigenvalue weighted by atomic mass is 32.2. The molecule has 2 heterocycles. The number of nitrogens with one attached hydrogen (secondary N) is 1. The van der Waals surface area contributed by atoms with E-state index in [1.807, 2.05) is 12.1 Å². The first kappa shape index (κ1) is 11.4. The second-order valence-corrected chi connectivity index (χ2v) is 6.25. The fourth-order valence-corrected chi connectivity index (χ4v) is 3.95. The molecule has 0 amide bonds. The number of hydrogen-bond acceptors (Lipinski definition) is 5. The lowest BCUT2D eigenvalue weighted by atomic mass is 10.1. The lowest BCUT2D eigenvalue weighted by molar-refractivity contribution is 0.406. The summed E-state index contributed by atoms with van der Waals surface area (Å²) in [4.78, 5) is 0.433. The van der Waals surface area contributed by atoms with Crippen molar-refractivity contribution in [3.05, 3.63) is 47.9 Å². The van der Waals surface area contributed by atoms with Crippen LogP contribution in [0.1, 0.15) is 17.3 Å². The zero-order chi connectivity index (χ0) is 12.6. The van der Waals surface area contributed by atoms with Gasteiger partial charge in [0.2, 0.25) is 0 Å². The summed E-state index contributed by atoms with van der Waals surface area (Å²) >= 11 is 0. The molecule has 1 aromatic heterocycles. The minimum atomic E-state index is -3.15. The molecule has 1 N–H and O–H groups in total. The van der Waals surface area contributed by atoms with Gasteiger partial charge in [-0.1, -0.05) is 23.4 Å². The lowest BCUT2D eigenvalue weighted by Gasteiger charge is -2.10. The Hall–Kier alpha value is -1.66. The van der Waals surface area contributed by atoms with Gasteiger partial charge < -0.3 is 9.84 Å². The van der Waals surface area contributed by atoms with Crippen LogP contribution < -0.4 is 5.32 Å². The van der Waals surface area contributed by atoms with Crippen LogP contribution in [0, 0.1) is 0 Å². The average molecular weight is 264 g/mol. The van der Waals surface area contributed by atoms with Crippen molar-refractivity contribution in [3.8, 4) is 0 Å². The van der Waals surface area contributed by atoms with Crippen LogP contribution in [0.25, 0.3) is 0 Å². The van der Waals surface area contributed by atoms with E-state index in [1.165, 1.54) is 6.26 Å². The zero-order valence-corrected chi connectivity index (χ0v) is 10.4. The summed E-state index contributed by atoms with van der Waals surface area (Å²) in [5.41, 5.74) is 1.60. The molecule has 6 heteroatoms. The number of hydrogen-bond donors (Lipinski definition) is 1. The predicted molar refractivity (Wildman–Crippen MR) is 64.6 cm³/mol. The number of fused-ring (bicyclic) bond motifs is 1. The second-order valence-electron chi connectivity index (χ2n) is 4.24.